The molecule has 3 aromatic rings. The molecule has 0 aliphatic carbocycles. The van der Waals surface area contributed by atoms with Gasteiger partial charge >= 0.3 is 0 Å². The van der Waals surface area contributed by atoms with E-state index in [-0.39, 0.29) is 17.5 Å². The summed E-state index contributed by atoms with van der Waals surface area (Å²) in [6, 6.07) is 12.9. The van der Waals surface area contributed by atoms with Crippen LogP contribution in [0.5, 0.6) is 0 Å². The van der Waals surface area contributed by atoms with Crippen LogP contribution in [-0.4, -0.2) is 65.0 Å². The Balaban J connectivity index is 1.44. The van der Waals surface area contributed by atoms with E-state index in [0.29, 0.717) is 43.1 Å². The molecule has 1 aliphatic heterocycles. The number of likely N-dealkylation sites (N-methyl/N-ethyl adjacent to an activating group) is 1. The average molecular weight is 432 g/mol. The van der Waals surface area contributed by atoms with Crippen LogP contribution in [0.1, 0.15) is 15.9 Å². The monoisotopic (exact) mass is 432 g/mol. The maximum Gasteiger partial charge on any atom is 0.272 e. The number of benzene rings is 1. The second-order valence-electron chi connectivity index (χ2n) is 7.71. The zero-order valence-electron chi connectivity index (χ0n) is 17.7. The molecule has 164 valence electrons. The fraction of sp³-hybridized carbons (Fsp3) is 0.304. The Morgan fingerprint density at radius 2 is 2.12 bits per heavy atom. The van der Waals surface area contributed by atoms with Crippen LogP contribution in [0.2, 0.25) is 0 Å². The van der Waals surface area contributed by atoms with E-state index in [2.05, 4.69) is 26.4 Å². The lowest BCUT2D eigenvalue weighted by atomic mass is 10.1. The van der Waals surface area contributed by atoms with Crippen LogP contribution in [0, 0.1) is 11.3 Å². The lowest BCUT2D eigenvalue weighted by Crippen LogP contribution is -2.49. The van der Waals surface area contributed by atoms with Gasteiger partial charge in [0.2, 0.25) is 0 Å². The average Bonchev–Trinajstić information content (AvgIpc) is 3.21. The number of morpholine rings is 1. The van der Waals surface area contributed by atoms with Crippen molar-refractivity contribution >= 4 is 5.91 Å². The Kier molecular flexibility index (Phi) is 6.44. The van der Waals surface area contributed by atoms with E-state index in [1.807, 2.05) is 31.3 Å². The number of amides is 1. The molecule has 0 saturated carbocycles. The zero-order chi connectivity index (χ0) is 22.5. The molecule has 0 spiro atoms. The van der Waals surface area contributed by atoms with Crippen LogP contribution in [0.25, 0.3) is 16.9 Å². The summed E-state index contributed by atoms with van der Waals surface area (Å²) in [5.41, 5.74) is 2.33. The van der Waals surface area contributed by atoms with E-state index in [9.17, 15) is 9.59 Å². The minimum Gasteiger partial charge on any atom is -0.378 e. The molecule has 1 fully saturated rings. The third-order valence-corrected chi connectivity index (χ3v) is 5.55. The largest absolute Gasteiger partial charge is 0.378 e. The van der Waals surface area contributed by atoms with Crippen molar-refractivity contribution in [2.24, 2.45) is 0 Å². The number of pyridine rings is 1. The number of aromatic nitrogens is 3. The van der Waals surface area contributed by atoms with Crippen LogP contribution in [0.3, 0.4) is 0 Å². The van der Waals surface area contributed by atoms with Crippen LogP contribution < -0.4 is 10.9 Å². The van der Waals surface area contributed by atoms with Gasteiger partial charge in [0.15, 0.2) is 5.82 Å². The molecule has 32 heavy (non-hydrogen) atoms. The van der Waals surface area contributed by atoms with E-state index < -0.39 is 0 Å². The van der Waals surface area contributed by atoms with Crippen molar-refractivity contribution < 1.29 is 9.53 Å². The van der Waals surface area contributed by atoms with Gasteiger partial charge < -0.3 is 10.1 Å². The van der Waals surface area contributed by atoms with Gasteiger partial charge in [-0.1, -0.05) is 24.3 Å². The molecule has 1 atom stereocenters. The van der Waals surface area contributed by atoms with Gasteiger partial charge in [-0.05, 0) is 30.3 Å². The Morgan fingerprint density at radius 3 is 2.81 bits per heavy atom. The number of hydrogen-bond donors (Lipinski definition) is 2. The predicted molar refractivity (Wildman–Crippen MR) is 119 cm³/mol. The second-order valence-corrected chi connectivity index (χ2v) is 7.71. The molecule has 9 heteroatoms. The van der Waals surface area contributed by atoms with Gasteiger partial charge in [-0.2, -0.15) is 5.26 Å². The Morgan fingerprint density at radius 1 is 1.31 bits per heavy atom. The normalized spacial score (nSPS) is 16.4. The van der Waals surface area contributed by atoms with E-state index in [0.717, 1.165) is 17.7 Å². The van der Waals surface area contributed by atoms with E-state index in [1.54, 1.807) is 18.3 Å². The summed E-state index contributed by atoms with van der Waals surface area (Å²) in [7, 11) is 2.02. The smallest absolute Gasteiger partial charge is 0.272 e. The van der Waals surface area contributed by atoms with Gasteiger partial charge in [-0.3, -0.25) is 19.6 Å². The van der Waals surface area contributed by atoms with Gasteiger partial charge in [-0.25, -0.2) is 9.67 Å². The summed E-state index contributed by atoms with van der Waals surface area (Å²) >= 11 is 0. The first-order valence-electron chi connectivity index (χ1n) is 10.4. The predicted octanol–water partition coefficient (Wildman–Crippen LogP) is 1.35. The number of ether oxygens (including phenoxy) is 1. The Bertz CT molecular complexity index is 1170. The van der Waals surface area contributed by atoms with Crippen molar-refractivity contribution in [3.05, 3.63) is 70.3 Å². The summed E-state index contributed by atoms with van der Waals surface area (Å²) < 4.78 is 6.99. The van der Waals surface area contributed by atoms with Crippen LogP contribution in [0.4, 0.5) is 0 Å². The van der Waals surface area contributed by atoms with Gasteiger partial charge in [0.1, 0.15) is 0 Å². The van der Waals surface area contributed by atoms with Crippen molar-refractivity contribution in [1.82, 2.24) is 25.0 Å². The topological polar surface area (TPSA) is 116 Å². The highest BCUT2D eigenvalue weighted by Crippen LogP contribution is 2.17. The molecule has 0 bridgehead atoms. The maximum atomic E-state index is 12.5. The van der Waals surface area contributed by atoms with E-state index in [4.69, 9.17) is 10.00 Å². The number of hydrogen-bond acceptors (Lipinski definition) is 6. The van der Waals surface area contributed by atoms with Crippen LogP contribution in [-0.2, 0) is 11.2 Å². The third-order valence-electron chi connectivity index (χ3n) is 5.55. The highest BCUT2D eigenvalue weighted by Gasteiger charge is 2.20. The van der Waals surface area contributed by atoms with Crippen LogP contribution >= 0.6 is 0 Å². The minimum absolute atomic E-state index is 0.150. The summed E-state index contributed by atoms with van der Waals surface area (Å²) in [5.74, 6) is 0.286. The van der Waals surface area contributed by atoms with Gasteiger partial charge in [0, 0.05) is 25.5 Å². The van der Waals surface area contributed by atoms with Gasteiger partial charge in [0.25, 0.3) is 11.5 Å². The van der Waals surface area contributed by atoms with Gasteiger partial charge in [-0.15, -0.1) is 0 Å². The SMILES string of the molecule is CN1CCOCC1CNC(=O)c1ccc(-n2cc(-c3ccc(CC#N)cc3)c(=O)[nH]2)nc1. The lowest BCUT2D eigenvalue weighted by Gasteiger charge is -2.32. The van der Waals surface area contributed by atoms with Crippen LogP contribution in [0.15, 0.2) is 53.6 Å². The standard InChI is InChI=1S/C23H24N6O3/c1-28-10-11-32-15-19(28)13-26-22(30)18-6-7-21(25-12-18)29-14-20(23(31)27-29)17-4-2-16(3-5-17)8-9-24/h2-7,12,14,19H,8,10-11,13,15H2,1H3,(H,26,30)(H,27,31). The first-order chi connectivity index (χ1) is 15.5. The quantitative estimate of drug-likeness (QED) is 0.608. The van der Waals surface area contributed by atoms with Crippen molar-refractivity contribution in [1.29, 1.82) is 5.26 Å². The van der Waals surface area contributed by atoms with Crippen molar-refractivity contribution in [2.45, 2.75) is 12.5 Å². The number of aromatic amines is 1. The number of rotatable bonds is 6. The first kappa shape index (κ1) is 21.5. The van der Waals surface area contributed by atoms with Crippen molar-refractivity contribution in [3.63, 3.8) is 0 Å². The van der Waals surface area contributed by atoms with Gasteiger partial charge in [0.05, 0.1) is 42.9 Å². The highest BCUT2D eigenvalue weighted by molar-refractivity contribution is 5.93. The summed E-state index contributed by atoms with van der Waals surface area (Å²) in [6.45, 7) is 2.65. The Labute approximate surface area is 185 Å². The lowest BCUT2D eigenvalue weighted by molar-refractivity contribution is 0.00668. The number of nitrogens with one attached hydrogen (secondary N) is 2. The molecule has 1 amide bonds. The number of carbonyl (C=O) groups is 1. The Hall–Kier alpha value is -3.74. The van der Waals surface area contributed by atoms with Crippen molar-refractivity contribution in [2.75, 3.05) is 33.4 Å². The summed E-state index contributed by atoms with van der Waals surface area (Å²) in [5, 5.41) is 14.5. The fourth-order valence-corrected chi connectivity index (χ4v) is 3.54. The number of carbonyl (C=O) groups excluding carboxylic acids is 1. The molecule has 2 aromatic heterocycles. The molecule has 2 N–H and O–H groups in total. The first-order valence-corrected chi connectivity index (χ1v) is 10.4. The fourth-order valence-electron chi connectivity index (χ4n) is 3.54. The number of nitrogens with zero attached hydrogens (tertiary/aromatic N) is 4. The van der Waals surface area contributed by atoms with Crippen molar-refractivity contribution in [3.8, 4) is 23.0 Å². The molecule has 1 saturated heterocycles. The highest BCUT2D eigenvalue weighted by atomic mass is 16.5. The number of nitriles is 1. The summed E-state index contributed by atoms with van der Waals surface area (Å²) in [4.78, 5) is 31.4. The number of H-pyrrole nitrogens is 1. The molecule has 3 heterocycles. The third kappa shape index (κ3) is 4.77. The van der Waals surface area contributed by atoms with E-state index >= 15 is 0 Å². The molecule has 9 nitrogen and oxygen atoms in total. The second kappa shape index (κ2) is 9.60. The molecule has 0 radical (unpaired) electrons. The zero-order valence-corrected chi connectivity index (χ0v) is 17.7. The molecule has 1 aromatic carbocycles. The minimum atomic E-state index is -0.250. The molecular weight excluding hydrogens is 408 g/mol. The summed E-state index contributed by atoms with van der Waals surface area (Å²) in [6.07, 6.45) is 3.48. The molecule has 1 unspecified atom stereocenters. The maximum absolute atomic E-state index is 12.5. The molecule has 4 rings (SSSR count). The molecule has 1 aliphatic rings. The molecular formula is C23H24N6O3. The van der Waals surface area contributed by atoms with E-state index in [1.165, 1.54) is 10.9 Å².